The molecule has 1 heterocycles. The van der Waals surface area contributed by atoms with E-state index in [2.05, 4.69) is 32.2 Å². The maximum absolute atomic E-state index is 9.87. The van der Waals surface area contributed by atoms with E-state index in [4.69, 9.17) is 4.74 Å². The van der Waals surface area contributed by atoms with Gasteiger partial charge in [0.15, 0.2) is 5.76 Å². The highest BCUT2D eigenvalue weighted by atomic mass is 16.5. The lowest BCUT2D eigenvalue weighted by Gasteiger charge is -2.32. The van der Waals surface area contributed by atoms with Crippen molar-refractivity contribution in [2.75, 3.05) is 0 Å². The van der Waals surface area contributed by atoms with Crippen LogP contribution in [0.3, 0.4) is 0 Å². The van der Waals surface area contributed by atoms with Gasteiger partial charge in [-0.2, -0.15) is 0 Å². The Kier molecular flexibility index (Phi) is 3.32. The van der Waals surface area contributed by atoms with Gasteiger partial charge in [-0.05, 0) is 47.9 Å². The molecule has 2 nitrogen and oxygen atoms in total. The minimum Gasteiger partial charge on any atom is -0.507 e. The molecular formula is C17H20O2. The molecule has 0 amide bonds. The number of phenolic OH excluding ortho intramolecular Hbond substituents is 1. The van der Waals surface area contributed by atoms with Gasteiger partial charge in [0.25, 0.3) is 0 Å². The first-order valence-corrected chi connectivity index (χ1v) is 6.51. The van der Waals surface area contributed by atoms with Gasteiger partial charge in [-0.3, -0.25) is 0 Å². The van der Waals surface area contributed by atoms with Crippen molar-refractivity contribution >= 4 is 0 Å². The highest BCUT2D eigenvalue weighted by Crippen LogP contribution is 2.43. The predicted octanol–water partition coefficient (Wildman–Crippen LogP) is 4.32. The van der Waals surface area contributed by atoms with Gasteiger partial charge in [0.2, 0.25) is 0 Å². The second-order valence-electron chi connectivity index (χ2n) is 5.78. The maximum atomic E-state index is 9.87. The third kappa shape index (κ3) is 2.33. The summed E-state index contributed by atoms with van der Waals surface area (Å²) in [6.07, 6.45) is 1.54. The number of phenols is 1. The van der Waals surface area contributed by atoms with Crippen molar-refractivity contribution in [2.45, 2.75) is 40.5 Å². The number of rotatable bonds is 3. The standard InChI is InChI=1S/C17H20O2/c1-11-9-14(10-12(2)16(11)18)13(3)17(4,5)15-7-6-8-19-15/h8-10,13,18H,1-5H3. The van der Waals surface area contributed by atoms with Crippen molar-refractivity contribution < 1.29 is 9.84 Å². The number of allylic oxidation sites excluding steroid dienone is 1. The molecule has 2 heteroatoms. The molecule has 0 bridgehead atoms. The van der Waals surface area contributed by atoms with Crippen LogP contribution in [0.1, 0.15) is 43.4 Å². The van der Waals surface area contributed by atoms with Gasteiger partial charge in [-0.25, -0.2) is 0 Å². The van der Waals surface area contributed by atoms with Crippen molar-refractivity contribution in [2.24, 2.45) is 5.41 Å². The largest absolute Gasteiger partial charge is 0.507 e. The summed E-state index contributed by atoms with van der Waals surface area (Å²) in [6, 6.07) is 4.09. The Balaban J connectivity index is 2.42. The second-order valence-corrected chi connectivity index (χ2v) is 5.78. The third-order valence-corrected chi connectivity index (χ3v) is 4.10. The van der Waals surface area contributed by atoms with Crippen molar-refractivity contribution in [3.63, 3.8) is 0 Å². The van der Waals surface area contributed by atoms with Crippen LogP contribution < -0.4 is 0 Å². The number of ether oxygens (including phenoxy) is 1. The highest BCUT2D eigenvalue weighted by Gasteiger charge is 2.34. The summed E-state index contributed by atoms with van der Waals surface area (Å²) in [6.45, 7) is 10.3. The first kappa shape index (κ1) is 13.5. The summed E-state index contributed by atoms with van der Waals surface area (Å²) >= 11 is 0. The second kappa shape index (κ2) is 4.66. The molecule has 0 radical (unpaired) electrons. The Morgan fingerprint density at radius 3 is 2.26 bits per heavy atom. The number of hydrogen-bond acceptors (Lipinski definition) is 2. The van der Waals surface area contributed by atoms with Crippen LogP contribution in [0.5, 0.6) is 5.75 Å². The Bertz CT molecular complexity index is 587. The smallest absolute Gasteiger partial charge is 0.160 e. The van der Waals surface area contributed by atoms with E-state index < -0.39 is 0 Å². The van der Waals surface area contributed by atoms with Crippen molar-refractivity contribution in [3.05, 3.63) is 52.3 Å². The normalized spacial score (nSPS) is 15.3. The third-order valence-electron chi connectivity index (χ3n) is 4.10. The Morgan fingerprint density at radius 2 is 1.79 bits per heavy atom. The summed E-state index contributed by atoms with van der Waals surface area (Å²) < 4.78 is 5.46. The number of aromatic hydroxyl groups is 1. The van der Waals surface area contributed by atoms with E-state index in [0.717, 1.165) is 16.9 Å². The summed E-state index contributed by atoms with van der Waals surface area (Å²) in [5.74, 6) is 1.44. The Morgan fingerprint density at radius 1 is 1.21 bits per heavy atom. The molecule has 2 rings (SSSR count). The summed E-state index contributed by atoms with van der Waals surface area (Å²) in [7, 11) is 0. The van der Waals surface area contributed by atoms with E-state index in [1.165, 1.54) is 11.8 Å². The van der Waals surface area contributed by atoms with Crippen LogP contribution in [0, 0.1) is 19.3 Å². The number of hydrogen-bond donors (Lipinski definition) is 1. The van der Waals surface area contributed by atoms with Crippen LogP contribution in [0.15, 0.2) is 35.6 Å². The predicted molar refractivity (Wildman–Crippen MR) is 76.0 cm³/mol. The lowest BCUT2D eigenvalue weighted by atomic mass is 9.74. The molecule has 1 aliphatic heterocycles. The SMILES string of the molecule is Cc1cc(C(C)C(C)(C)C2=C=C=CO2)cc(C)c1O. The van der Waals surface area contributed by atoms with E-state index in [1.54, 1.807) is 0 Å². The van der Waals surface area contributed by atoms with Gasteiger partial charge in [0.1, 0.15) is 12.0 Å². The Hall–Kier alpha value is -1.88. The molecule has 0 saturated carbocycles. The average molecular weight is 256 g/mol. The van der Waals surface area contributed by atoms with E-state index in [1.807, 2.05) is 26.0 Å². The average Bonchev–Trinajstić information content (AvgIpc) is 2.88. The molecule has 1 aliphatic rings. The van der Waals surface area contributed by atoms with Crippen molar-refractivity contribution in [1.82, 2.24) is 0 Å². The lowest BCUT2D eigenvalue weighted by molar-refractivity contribution is 0.210. The zero-order valence-electron chi connectivity index (χ0n) is 12.2. The highest BCUT2D eigenvalue weighted by molar-refractivity contribution is 5.44. The van der Waals surface area contributed by atoms with Crippen molar-refractivity contribution in [3.8, 4) is 5.75 Å². The summed E-state index contributed by atoms with van der Waals surface area (Å²) in [4.78, 5) is 0. The molecule has 1 aromatic rings. The molecule has 1 N–H and O–H groups in total. The Labute approximate surface area is 114 Å². The van der Waals surface area contributed by atoms with Crippen LogP contribution in [-0.4, -0.2) is 5.11 Å². The zero-order valence-corrected chi connectivity index (χ0v) is 12.2. The molecule has 0 spiro atoms. The van der Waals surface area contributed by atoms with Gasteiger partial charge in [0.05, 0.1) is 0 Å². The molecule has 0 fully saturated rings. The molecule has 0 aliphatic carbocycles. The van der Waals surface area contributed by atoms with Gasteiger partial charge in [-0.15, -0.1) is 0 Å². The van der Waals surface area contributed by atoms with Crippen molar-refractivity contribution in [1.29, 1.82) is 0 Å². The monoisotopic (exact) mass is 256 g/mol. The molecule has 1 unspecified atom stereocenters. The van der Waals surface area contributed by atoms with Gasteiger partial charge in [0, 0.05) is 5.41 Å². The van der Waals surface area contributed by atoms with Crippen LogP contribution in [0.2, 0.25) is 0 Å². The summed E-state index contributed by atoms with van der Waals surface area (Å²) in [5, 5.41) is 9.87. The van der Waals surface area contributed by atoms with Crippen LogP contribution in [0.4, 0.5) is 0 Å². The first-order chi connectivity index (χ1) is 8.84. The molecule has 1 atom stereocenters. The fourth-order valence-electron chi connectivity index (χ4n) is 2.38. The molecule has 1 aromatic carbocycles. The van der Waals surface area contributed by atoms with E-state index in [9.17, 15) is 5.11 Å². The van der Waals surface area contributed by atoms with E-state index in [0.29, 0.717) is 5.75 Å². The van der Waals surface area contributed by atoms with Crippen LogP contribution in [0.25, 0.3) is 0 Å². The summed E-state index contributed by atoms with van der Waals surface area (Å²) in [5.41, 5.74) is 8.72. The van der Waals surface area contributed by atoms with Gasteiger partial charge in [-0.1, -0.05) is 32.9 Å². The zero-order chi connectivity index (χ0) is 14.2. The minimum atomic E-state index is -0.171. The van der Waals surface area contributed by atoms with E-state index >= 15 is 0 Å². The minimum absolute atomic E-state index is 0.171. The molecule has 19 heavy (non-hydrogen) atoms. The fourth-order valence-corrected chi connectivity index (χ4v) is 2.38. The number of aryl methyl sites for hydroxylation is 2. The topological polar surface area (TPSA) is 29.5 Å². The van der Waals surface area contributed by atoms with Crippen LogP contribution in [-0.2, 0) is 4.74 Å². The van der Waals surface area contributed by atoms with Gasteiger partial charge >= 0.3 is 0 Å². The first-order valence-electron chi connectivity index (χ1n) is 6.51. The van der Waals surface area contributed by atoms with E-state index in [-0.39, 0.29) is 11.3 Å². The fraction of sp³-hybridized carbons (Fsp3) is 0.412. The van der Waals surface area contributed by atoms with Crippen LogP contribution >= 0.6 is 0 Å². The lowest BCUT2D eigenvalue weighted by Crippen LogP contribution is -2.23. The van der Waals surface area contributed by atoms with Gasteiger partial charge < -0.3 is 9.84 Å². The molecular weight excluding hydrogens is 236 g/mol. The molecule has 0 saturated heterocycles. The maximum Gasteiger partial charge on any atom is 0.160 e. The molecule has 0 aromatic heterocycles. The number of benzene rings is 1. The quantitative estimate of drug-likeness (QED) is 0.816. The molecule has 100 valence electrons.